The number of para-hydroxylation sites is 2. The highest BCUT2D eigenvalue weighted by molar-refractivity contribution is 5.84. The maximum Gasteiger partial charge on any atom is 0.135 e. The summed E-state index contributed by atoms with van der Waals surface area (Å²) in [6.45, 7) is 3.55. The highest BCUT2D eigenvalue weighted by atomic mass is 19.1. The highest BCUT2D eigenvalue weighted by Gasteiger charge is 2.26. The van der Waals surface area contributed by atoms with Crippen molar-refractivity contribution in [3.63, 3.8) is 0 Å². The third-order valence-electron chi connectivity index (χ3n) is 8.12. The second-order valence-electron chi connectivity index (χ2n) is 10.8. The van der Waals surface area contributed by atoms with E-state index in [9.17, 15) is 4.39 Å². The van der Waals surface area contributed by atoms with Crippen LogP contribution in [0.5, 0.6) is 0 Å². The van der Waals surface area contributed by atoms with Gasteiger partial charge in [0.2, 0.25) is 0 Å². The Morgan fingerprint density at radius 3 is 2.08 bits per heavy atom. The molecule has 6 nitrogen and oxygen atoms in total. The Morgan fingerprint density at radius 2 is 1.45 bits per heavy atom. The SMILES string of the molecule is Cn1cc(CN(Cc2cn(C)c3ccccc23)C[C@H]2Cn3c(-c4ccc(F)cc4)cnc3CO2)c2ccccc21. The molecule has 3 aromatic heterocycles. The van der Waals surface area contributed by atoms with E-state index in [0.29, 0.717) is 13.2 Å². The molecule has 0 radical (unpaired) electrons. The van der Waals surface area contributed by atoms with E-state index < -0.39 is 0 Å². The van der Waals surface area contributed by atoms with Crippen LogP contribution in [0.3, 0.4) is 0 Å². The molecule has 0 N–H and O–H groups in total. The number of hydrogen-bond donors (Lipinski definition) is 0. The van der Waals surface area contributed by atoms with Gasteiger partial charge in [-0.2, -0.15) is 0 Å². The van der Waals surface area contributed by atoms with Gasteiger partial charge in [-0.3, -0.25) is 4.90 Å². The molecule has 0 bridgehead atoms. The lowest BCUT2D eigenvalue weighted by molar-refractivity contribution is -0.0205. The van der Waals surface area contributed by atoms with Crippen molar-refractivity contribution in [1.82, 2.24) is 23.6 Å². The van der Waals surface area contributed by atoms with Gasteiger partial charge in [0.05, 0.1) is 24.5 Å². The Balaban J connectivity index is 1.20. The zero-order valence-electron chi connectivity index (χ0n) is 22.8. The van der Waals surface area contributed by atoms with Gasteiger partial charge in [-0.05, 0) is 53.1 Å². The van der Waals surface area contributed by atoms with Crippen molar-refractivity contribution in [2.24, 2.45) is 14.1 Å². The maximum atomic E-state index is 13.6. The van der Waals surface area contributed by atoms with E-state index in [1.54, 1.807) is 0 Å². The molecule has 0 unspecified atom stereocenters. The quantitative estimate of drug-likeness (QED) is 0.243. The van der Waals surface area contributed by atoms with E-state index in [1.807, 2.05) is 18.3 Å². The second-order valence-corrected chi connectivity index (χ2v) is 10.8. The molecule has 0 spiro atoms. The van der Waals surface area contributed by atoms with E-state index in [0.717, 1.165) is 36.7 Å². The minimum atomic E-state index is -0.235. The summed E-state index contributed by atoms with van der Waals surface area (Å²) < 4.78 is 26.6. The number of fused-ring (bicyclic) bond motifs is 3. The average Bonchev–Trinajstić information content (AvgIpc) is 3.63. The first-order valence-corrected chi connectivity index (χ1v) is 13.7. The third-order valence-corrected chi connectivity index (χ3v) is 8.12. The predicted octanol–water partition coefficient (Wildman–Crippen LogP) is 6.27. The molecule has 0 amide bonds. The molecule has 6 aromatic rings. The lowest BCUT2D eigenvalue weighted by Crippen LogP contribution is -2.38. The van der Waals surface area contributed by atoms with Crippen molar-refractivity contribution in [3.8, 4) is 11.3 Å². The number of aryl methyl sites for hydroxylation is 2. The molecular formula is C33H32FN5O. The molecule has 1 aliphatic rings. The Bertz CT molecular complexity index is 1730. The van der Waals surface area contributed by atoms with Crippen molar-refractivity contribution in [3.05, 3.63) is 114 Å². The molecule has 40 heavy (non-hydrogen) atoms. The summed E-state index contributed by atoms with van der Waals surface area (Å²) in [6.07, 6.45) is 6.37. The first-order chi connectivity index (χ1) is 19.5. The zero-order valence-corrected chi connectivity index (χ0v) is 22.8. The molecule has 0 saturated carbocycles. The van der Waals surface area contributed by atoms with Crippen LogP contribution in [-0.4, -0.2) is 36.2 Å². The van der Waals surface area contributed by atoms with Gasteiger partial charge < -0.3 is 18.4 Å². The minimum Gasteiger partial charge on any atom is -0.367 e. The van der Waals surface area contributed by atoms with Crippen molar-refractivity contribution < 1.29 is 9.13 Å². The number of rotatable bonds is 7. The Labute approximate surface area is 232 Å². The molecule has 3 aromatic carbocycles. The number of halogens is 1. The van der Waals surface area contributed by atoms with Crippen LogP contribution in [0.4, 0.5) is 4.39 Å². The van der Waals surface area contributed by atoms with Crippen LogP contribution in [0.2, 0.25) is 0 Å². The van der Waals surface area contributed by atoms with Crippen LogP contribution in [0.1, 0.15) is 17.0 Å². The van der Waals surface area contributed by atoms with Crippen molar-refractivity contribution in [1.29, 1.82) is 0 Å². The topological polar surface area (TPSA) is 40.2 Å². The van der Waals surface area contributed by atoms with Gasteiger partial charge in [-0.15, -0.1) is 0 Å². The predicted molar refractivity (Wildman–Crippen MR) is 156 cm³/mol. The van der Waals surface area contributed by atoms with Crippen LogP contribution in [0.25, 0.3) is 33.1 Å². The smallest absolute Gasteiger partial charge is 0.135 e. The summed E-state index contributed by atoms with van der Waals surface area (Å²) in [5, 5.41) is 2.57. The maximum absolute atomic E-state index is 13.6. The molecule has 202 valence electrons. The van der Waals surface area contributed by atoms with Crippen LogP contribution in [-0.2, 0) is 45.1 Å². The van der Waals surface area contributed by atoms with Gasteiger partial charge in [0, 0.05) is 67.9 Å². The Morgan fingerprint density at radius 1 is 0.850 bits per heavy atom. The number of imidazole rings is 1. The summed E-state index contributed by atoms with van der Waals surface area (Å²) in [7, 11) is 4.23. The van der Waals surface area contributed by atoms with Crippen molar-refractivity contribution in [2.75, 3.05) is 6.54 Å². The largest absolute Gasteiger partial charge is 0.367 e. The molecule has 1 aliphatic heterocycles. The number of ether oxygens (including phenoxy) is 1. The van der Waals surface area contributed by atoms with Gasteiger partial charge in [0.1, 0.15) is 18.2 Å². The standard InChI is InChI=1S/C33H32FN5O/c1-36-16-24(28-7-3-5-9-30(28)36)18-38(19-25-17-37(2)31-10-6-4-8-29(25)31)20-27-21-39-32(15-35-33(39)22-40-27)23-11-13-26(34)14-12-23/h3-17,27H,18-22H2,1-2H3/t27-/m0/s1. The van der Waals surface area contributed by atoms with E-state index in [1.165, 1.54) is 45.1 Å². The summed E-state index contributed by atoms with van der Waals surface area (Å²) in [4.78, 5) is 7.11. The summed E-state index contributed by atoms with van der Waals surface area (Å²) in [6, 6.07) is 23.8. The first kappa shape index (κ1) is 24.8. The highest BCUT2D eigenvalue weighted by Crippen LogP contribution is 2.28. The van der Waals surface area contributed by atoms with Gasteiger partial charge in [0.15, 0.2) is 0 Å². The van der Waals surface area contributed by atoms with Crippen molar-refractivity contribution >= 4 is 21.8 Å². The third kappa shape index (κ3) is 4.51. The number of nitrogens with zero attached hydrogens (tertiary/aromatic N) is 5. The van der Waals surface area contributed by atoms with Crippen LogP contribution < -0.4 is 0 Å². The fourth-order valence-electron chi connectivity index (χ4n) is 6.20. The molecule has 1 atom stereocenters. The number of hydrogen-bond acceptors (Lipinski definition) is 3. The molecule has 0 aliphatic carbocycles. The zero-order chi connectivity index (χ0) is 27.2. The Kier molecular flexibility index (Phi) is 6.25. The fraction of sp³-hybridized carbons (Fsp3) is 0.242. The average molecular weight is 534 g/mol. The molecule has 0 saturated heterocycles. The number of aromatic nitrogens is 4. The minimum absolute atomic E-state index is 0.00847. The summed E-state index contributed by atoms with van der Waals surface area (Å²) >= 11 is 0. The Hall–Kier alpha value is -4.20. The van der Waals surface area contributed by atoms with Crippen LogP contribution in [0.15, 0.2) is 91.4 Å². The molecule has 7 heteroatoms. The summed E-state index contributed by atoms with van der Waals surface area (Å²) in [5.74, 6) is 0.672. The lowest BCUT2D eigenvalue weighted by atomic mass is 10.1. The monoisotopic (exact) mass is 533 g/mol. The molecule has 0 fully saturated rings. The second kappa shape index (κ2) is 10.1. The molecule has 4 heterocycles. The van der Waals surface area contributed by atoms with Crippen LogP contribution in [0, 0.1) is 5.82 Å². The van der Waals surface area contributed by atoms with E-state index >= 15 is 0 Å². The first-order valence-electron chi connectivity index (χ1n) is 13.7. The van der Waals surface area contributed by atoms with Gasteiger partial charge in [-0.1, -0.05) is 36.4 Å². The van der Waals surface area contributed by atoms with E-state index in [4.69, 9.17) is 4.74 Å². The van der Waals surface area contributed by atoms with Gasteiger partial charge in [-0.25, -0.2) is 9.37 Å². The van der Waals surface area contributed by atoms with Crippen LogP contribution >= 0.6 is 0 Å². The van der Waals surface area contributed by atoms with Crippen molar-refractivity contribution in [2.45, 2.75) is 32.3 Å². The summed E-state index contributed by atoms with van der Waals surface area (Å²) in [5.41, 5.74) is 7.06. The van der Waals surface area contributed by atoms with E-state index in [2.05, 4.69) is 98.6 Å². The number of benzene rings is 3. The normalized spacial score (nSPS) is 15.3. The molecular weight excluding hydrogens is 501 g/mol. The fourth-order valence-corrected chi connectivity index (χ4v) is 6.20. The molecule has 7 rings (SSSR count). The lowest BCUT2D eigenvalue weighted by Gasteiger charge is -2.31. The van der Waals surface area contributed by atoms with Gasteiger partial charge >= 0.3 is 0 Å². The van der Waals surface area contributed by atoms with Gasteiger partial charge in [0.25, 0.3) is 0 Å². The van der Waals surface area contributed by atoms with E-state index in [-0.39, 0.29) is 11.9 Å².